The van der Waals surface area contributed by atoms with Gasteiger partial charge in [-0.1, -0.05) is 44.2 Å². The summed E-state index contributed by atoms with van der Waals surface area (Å²) in [7, 11) is 1.22. The van der Waals surface area contributed by atoms with Gasteiger partial charge in [0.1, 0.15) is 17.8 Å². The summed E-state index contributed by atoms with van der Waals surface area (Å²) in [6, 6.07) is 12.3. The van der Waals surface area contributed by atoms with Crippen LogP contribution < -0.4 is 21.1 Å². The van der Waals surface area contributed by atoms with Crippen molar-refractivity contribution in [1.29, 1.82) is 0 Å². The quantitative estimate of drug-likeness (QED) is 0.208. The van der Waals surface area contributed by atoms with Crippen molar-refractivity contribution in [2.24, 2.45) is 11.7 Å². The smallest absolute Gasteiger partial charge is 0.343 e. The zero-order chi connectivity index (χ0) is 26.0. The van der Waals surface area contributed by atoms with E-state index in [1.165, 1.54) is 7.11 Å². The van der Waals surface area contributed by atoms with E-state index in [1.54, 1.807) is 68.4 Å². The largest absolute Gasteiger partial charge is 0.467 e. The van der Waals surface area contributed by atoms with Gasteiger partial charge in [0.05, 0.1) is 18.7 Å². The molecule has 2 amide bonds. The minimum Gasteiger partial charge on any atom is -0.467 e. The van der Waals surface area contributed by atoms with E-state index in [4.69, 9.17) is 15.2 Å². The van der Waals surface area contributed by atoms with Gasteiger partial charge in [-0.3, -0.25) is 9.59 Å². The second-order valence-electron chi connectivity index (χ2n) is 8.21. The second kappa shape index (κ2) is 13.5. The molecule has 9 nitrogen and oxygen atoms in total. The van der Waals surface area contributed by atoms with Crippen LogP contribution in [-0.2, 0) is 25.5 Å². The summed E-state index contributed by atoms with van der Waals surface area (Å²) >= 11 is 4.00. The SMILES string of the molecule is COC(=O)[C@H](Cc1cccc(OC(=O)c2ccccc2)c1)NC(=O)[C@@H](NC(=O)[C@@H](N)CS)C(C)C. The zero-order valence-corrected chi connectivity index (χ0v) is 20.8. The molecule has 0 radical (unpaired) electrons. The van der Waals surface area contributed by atoms with Crippen LogP contribution in [0.1, 0.15) is 29.8 Å². The van der Waals surface area contributed by atoms with Crippen LogP contribution >= 0.6 is 12.6 Å². The summed E-state index contributed by atoms with van der Waals surface area (Å²) < 4.78 is 10.3. The molecule has 4 N–H and O–H groups in total. The molecule has 0 heterocycles. The van der Waals surface area contributed by atoms with Gasteiger partial charge in [0, 0.05) is 12.2 Å². The molecule has 0 saturated heterocycles. The summed E-state index contributed by atoms with van der Waals surface area (Å²) in [5.74, 6) is -2.11. The number of benzene rings is 2. The lowest BCUT2D eigenvalue weighted by atomic mass is 10.0. The van der Waals surface area contributed by atoms with Gasteiger partial charge in [-0.05, 0) is 35.7 Å². The van der Waals surface area contributed by atoms with Crippen LogP contribution in [0, 0.1) is 5.92 Å². The fraction of sp³-hybridized carbons (Fsp3) is 0.360. The normalized spacial score (nSPS) is 13.3. The average molecular weight is 502 g/mol. The average Bonchev–Trinajstić information content (AvgIpc) is 2.86. The van der Waals surface area contributed by atoms with E-state index >= 15 is 0 Å². The Labute approximate surface area is 210 Å². The van der Waals surface area contributed by atoms with Gasteiger partial charge in [-0.15, -0.1) is 0 Å². The number of nitrogens with one attached hydrogen (secondary N) is 2. The first kappa shape index (κ1) is 27.9. The number of hydrogen-bond acceptors (Lipinski definition) is 8. The highest BCUT2D eigenvalue weighted by atomic mass is 32.1. The Balaban J connectivity index is 2.14. The summed E-state index contributed by atoms with van der Waals surface area (Å²) in [5.41, 5.74) is 6.72. The summed E-state index contributed by atoms with van der Waals surface area (Å²) in [6.07, 6.45) is 0.0735. The predicted molar refractivity (Wildman–Crippen MR) is 134 cm³/mol. The second-order valence-corrected chi connectivity index (χ2v) is 8.58. The molecule has 0 unspecified atom stereocenters. The number of hydrogen-bond donors (Lipinski definition) is 4. The molecule has 35 heavy (non-hydrogen) atoms. The molecule has 0 aliphatic heterocycles. The van der Waals surface area contributed by atoms with Gasteiger partial charge in [0.15, 0.2) is 0 Å². The van der Waals surface area contributed by atoms with Gasteiger partial charge in [-0.25, -0.2) is 9.59 Å². The van der Waals surface area contributed by atoms with Crippen molar-refractivity contribution in [2.45, 2.75) is 38.4 Å². The molecule has 188 valence electrons. The van der Waals surface area contributed by atoms with Gasteiger partial charge in [0.25, 0.3) is 0 Å². The predicted octanol–water partition coefficient (Wildman–Crippen LogP) is 1.50. The number of esters is 2. The molecule has 0 aliphatic carbocycles. The molecule has 3 atom stereocenters. The Morgan fingerprint density at radius 2 is 1.66 bits per heavy atom. The van der Waals surface area contributed by atoms with Crippen molar-refractivity contribution in [2.75, 3.05) is 12.9 Å². The summed E-state index contributed by atoms with van der Waals surface area (Å²) in [5, 5.41) is 5.26. The van der Waals surface area contributed by atoms with E-state index in [1.807, 2.05) is 0 Å². The number of carbonyl (C=O) groups excluding carboxylic acids is 4. The lowest BCUT2D eigenvalue weighted by Crippen LogP contribution is -2.57. The van der Waals surface area contributed by atoms with Crippen LogP contribution in [0.15, 0.2) is 54.6 Å². The van der Waals surface area contributed by atoms with Crippen molar-refractivity contribution in [1.82, 2.24) is 10.6 Å². The Morgan fingerprint density at radius 1 is 0.971 bits per heavy atom. The van der Waals surface area contributed by atoms with E-state index in [-0.39, 0.29) is 18.1 Å². The first-order valence-corrected chi connectivity index (χ1v) is 11.7. The first-order valence-electron chi connectivity index (χ1n) is 11.1. The number of nitrogens with two attached hydrogens (primary N) is 1. The standard InChI is InChI=1S/C25H31N3O6S/c1-15(2)21(28-22(29)19(26)14-35)23(30)27-20(25(32)33-3)13-16-8-7-11-18(12-16)34-24(31)17-9-5-4-6-10-17/h4-12,15,19-21,35H,13-14,26H2,1-3H3,(H,27,30)(H,28,29)/t19-,20-,21-/m0/s1. The Hall–Kier alpha value is -3.37. The maximum atomic E-state index is 13.0. The van der Waals surface area contributed by atoms with E-state index in [0.717, 1.165) is 0 Å². The fourth-order valence-corrected chi connectivity index (χ4v) is 3.35. The number of carbonyl (C=O) groups is 4. The molecule has 0 saturated carbocycles. The Kier molecular flexibility index (Phi) is 10.8. The third-order valence-electron chi connectivity index (χ3n) is 5.14. The van der Waals surface area contributed by atoms with Crippen LogP contribution in [0.4, 0.5) is 0 Å². The molecule has 2 aromatic rings. The van der Waals surface area contributed by atoms with Crippen molar-refractivity contribution < 1.29 is 28.7 Å². The highest BCUT2D eigenvalue weighted by molar-refractivity contribution is 7.80. The van der Waals surface area contributed by atoms with Crippen LogP contribution in [0.2, 0.25) is 0 Å². The number of amides is 2. The Morgan fingerprint density at radius 3 is 2.26 bits per heavy atom. The van der Waals surface area contributed by atoms with Crippen molar-refractivity contribution in [3.63, 3.8) is 0 Å². The molecular formula is C25H31N3O6S. The maximum absolute atomic E-state index is 13.0. The number of thiol groups is 1. The lowest BCUT2D eigenvalue weighted by molar-refractivity contribution is -0.145. The van der Waals surface area contributed by atoms with Crippen molar-refractivity contribution >= 4 is 36.4 Å². The van der Waals surface area contributed by atoms with Crippen LogP contribution in [0.5, 0.6) is 5.75 Å². The van der Waals surface area contributed by atoms with Crippen molar-refractivity contribution in [3.05, 3.63) is 65.7 Å². The topological polar surface area (TPSA) is 137 Å². The Bertz CT molecular complexity index is 1030. The van der Waals surface area contributed by atoms with E-state index < -0.39 is 41.9 Å². The number of methoxy groups -OCH3 is 1. The van der Waals surface area contributed by atoms with E-state index in [0.29, 0.717) is 16.9 Å². The van der Waals surface area contributed by atoms with Gasteiger partial charge in [-0.2, -0.15) is 12.6 Å². The lowest BCUT2D eigenvalue weighted by Gasteiger charge is -2.25. The molecule has 2 aromatic carbocycles. The summed E-state index contributed by atoms with van der Waals surface area (Å²) in [4.78, 5) is 49.9. The molecule has 10 heteroatoms. The molecule has 0 bridgehead atoms. The minimum atomic E-state index is -1.04. The van der Waals surface area contributed by atoms with Gasteiger partial charge < -0.3 is 25.8 Å². The van der Waals surface area contributed by atoms with E-state index in [2.05, 4.69) is 23.3 Å². The fourth-order valence-electron chi connectivity index (χ4n) is 3.19. The van der Waals surface area contributed by atoms with E-state index in [9.17, 15) is 19.2 Å². The number of ether oxygens (including phenoxy) is 2. The summed E-state index contributed by atoms with van der Waals surface area (Å²) in [6.45, 7) is 3.52. The van der Waals surface area contributed by atoms with Crippen LogP contribution in [0.25, 0.3) is 0 Å². The highest BCUT2D eigenvalue weighted by Gasteiger charge is 2.30. The third-order valence-corrected chi connectivity index (χ3v) is 5.53. The third kappa shape index (κ3) is 8.41. The highest BCUT2D eigenvalue weighted by Crippen LogP contribution is 2.17. The van der Waals surface area contributed by atoms with Crippen LogP contribution in [0.3, 0.4) is 0 Å². The first-order chi connectivity index (χ1) is 16.7. The minimum absolute atomic E-state index is 0.0735. The van der Waals surface area contributed by atoms with Gasteiger partial charge >= 0.3 is 11.9 Å². The molecule has 0 aromatic heterocycles. The van der Waals surface area contributed by atoms with Crippen LogP contribution in [-0.4, -0.2) is 54.7 Å². The maximum Gasteiger partial charge on any atom is 0.343 e. The molecule has 0 spiro atoms. The monoisotopic (exact) mass is 501 g/mol. The molecular weight excluding hydrogens is 470 g/mol. The zero-order valence-electron chi connectivity index (χ0n) is 19.9. The molecule has 2 rings (SSSR count). The van der Waals surface area contributed by atoms with Crippen molar-refractivity contribution in [3.8, 4) is 5.75 Å². The number of rotatable bonds is 11. The molecule has 0 fully saturated rings. The molecule has 0 aliphatic rings. The van der Waals surface area contributed by atoms with Gasteiger partial charge in [0.2, 0.25) is 11.8 Å².